The van der Waals surface area contributed by atoms with Crippen LogP contribution in [-0.4, -0.2) is 11.4 Å². The number of nitrogens with zero attached hydrogens (tertiary/aromatic N) is 1. The summed E-state index contributed by atoms with van der Waals surface area (Å²) in [4.78, 5) is 0. The highest BCUT2D eigenvalue weighted by Gasteiger charge is 1.90. The highest BCUT2D eigenvalue weighted by atomic mass is 16.4. The third-order valence-electron chi connectivity index (χ3n) is 1.01. The Hall–Kier alpha value is -1.05. The first kappa shape index (κ1) is 5.09. The van der Waals surface area contributed by atoms with E-state index in [0.29, 0.717) is 0 Å². The van der Waals surface area contributed by atoms with Crippen LogP contribution < -0.4 is 0 Å². The van der Waals surface area contributed by atoms with Crippen LogP contribution in [0.2, 0.25) is 0 Å². The molecule has 42 valence electrons. The van der Waals surface area contributed by atoms with Gasteiger partial charge in [-0.25, -0.2) is 0 Å². The fourth-order valence-electron chi connectivity index (χ4n) is 0.639. The van der Waals surface area contributed by atoms with Crippen molar-refractivity contribution in [3.05, 3.63) is 23.8 Å². The van der Waals surface area contributed by atoms with Crippen molar-refractivity contribution in [3.63, 3.8) is 0 Å². The number of hydrogen-bond acceptors (Lipinski definition) is 2. The summed E-state index contributed by atoms with van der Waals surface area (Å²) in [5, 5.41) is 10.9. The molecule has 2 heteroatoms. The van der Waals surface area contributed by atoms with Gasteiger partial charge in [-0.15, -0.1) is 0 Å². The molecule has 0 atom stereocenters. The van der Waals surface area contributed by atoms with Crippen molar-refractivity contribution < 1.29 is 5.21 Å². The third kappa shape index (κ3) is 0.964. The number of oxime groups is 1. The average molecular weight is 109 g/mol. The van der Waals surface area contributed by atoms with Crippen LogP contribution in [0.3, 0.4) is 0 Å². The van der Waals surface area contributed by atoms with Crippen molar-refractivity contribution in [2.24, 2.45) is 5.16 Å². The molecular formula is C6H7NO. The molecule has 0 fully saturated rings. The van der Waals surface area contributed by atoms with Gasteiger partial charge in [0.25, 0.3) is 0 Å². The van der Waals surface area contributed by atoms with Crippen LogP contribution in [0.5, 0.6) is 0 Å². The molecule has 0 aromatic rings. The minimum absolute atomic E-state index is 0.960. The molecule has 0 saturated heterocycles. The minimum atomic E-state index is 0.960. The Kier molecular flexibility index (Phi) is 1.47. The zero-order chi connectivity index (χ0) is 5.82. The van der Waals surface area contributed by atoms with E-state index in [1.165, 1.54) is 6.21 Å². The lowest BCUT2D eigenvalue weighted by atomic mass is 10.3. The molecule has 0 saturated carbocycles. The minimum Gasteiger partial charge on any atom is -0.411 e. The number of allylic oxidation sites excluding steroid dienone is 4. The predicted octanol–water partition coefficient (Wildman–Crippen LogP) is 1.33. The van der Waals surface area contributed by atoms with Gasteiger partial charge < -0.3 is 5.21 Å². The van der Waals surface area contributed by atoms with Gasteiger partial charge in [-0.1, -0.05) is 23.4 Å². The standard InChI is InChI=1S/C6H7NO/c8-7-5-6-3-1-2-4-6/h1,3-5,8H,2H2/b7-5+. The highest BCUT2D eigenvalue weighted by molar-refractivity contribution is 5.82. The van der Waals surface area contributed by atoms with E-state index < -0.39 is 0 Å². The van der Waals surface area contributed by atoms with Crippen molar-refractivity contribution in [1.29, 1.82) is 0 Å². The quantitative estimate of drug-likeness (QED) is 0.307. The maximum absolute atomic E-state index is 8.02. The van der Waals surface area contributed by atoms with Crippen LogP contribution in [0.25, 0.3) is 0 Å². The van der Waals surface area contributed by atoms with Crippen LogP contribution in [0.4, 0.5) is 0 Å². The normalized spacial score (nSPS) is 17.8. The summed E-state index contributed by atoms with van der Waals surface area (Å²) < 4.78 is 0. The molecule has 0 aliphatic heterocycles. The molecule has 0 unspecified atom stereocenters. The smallest absolute Gasteiger partial charge is 0.0730 e. The summed E-state index contributed by atoms with van der Waals surface area (Å²) in [6.45, 7) is 0. The lowest BCUT2D eigenvalue weighted by Gasteiger charge is -1.78. The van der Waals surface area contributed by atoms with Crippen LogP contribution in [0.1, 0.15) is 6.42 Å². The molecule has 0 aromatic heterocycles. The second-order valence-corrected chi connectivity index (χ2v) is 1.59. The molecule has 0 heterocycles. The average Bonchev–Trinajstić information content (AvgIpc) is 2.19. The van der Waals surface area contributed by atoms with E-state index in [1.54, 1.807) is 0 Å². The van der Waals surface area contributed by atoms with E-state index in [2.05, 4.69) is 5.16 Å². The number of hydrogen-bond donors (Lipinski definition) is 1. The SMILES string of the molecule is O/N=C/C1=CCC=C1. The first-order valence-corrected chi connectivity index (χ1v) is 2.47. The Morgan fingerprint density at radius 2 is 2.62 bits per heavy atom. The molecule has 8 heavy (non-hydrogen) atoms. The van der Waals surface area contributed by atoms with E-state index in [-0.39, 0.29) is 0 Å². The zero-order valence-corrected chi connectivity index (χ0v) is 4.41. The van der Waals surface area contributed by atoms with E-state index in [9.17, 15) is 0 Å². The molecule has 0 aromatic carbocycles. The zero-order valence-electron chi connectivity index (χ0n) is 4.41. The topological polar surface area (TPSA) is 32.6 Å². The third-order valence-corrected chi connectivity index (χ3v) is 1.01. The Labute approximate surface area is 47.8 Å². The molecule has 1 aliphatic rings. The molecule has 1 aliphatic carbocycles. The first-order valence-electron chi connectivity index (χ1n) is 2.47. The van der Waals surface area contributed by atoms with Crippen LogP contribution in [-0.2, 0) is 0 Å². The van der Waals surface area contributed by atoms with Gasteiger partial charge >= 0.3 is 0 Å². The number of rotatable bonds is 1. The Balaban J connectivity index is 2.58. The summed E-state index contributed by atoms with van der Waals surface area (Å²) in [5.74, 6) is 0. The van der Waals surface area contributed by atoms with Crippen molar-refractivity contribution >= 4 is 6.21 Å². The summed E-state index contributed by atoms with van der Waals surface area (Å²) >= 11 is 0. The maximum atomic E-state index is 8.02. The van der Waals surface area contributed by atoms with Gasteiger partial charge in [0.15, 0.2) is 0 Å². The van der Waals surface area contributed by atoms with Gasteiger partial charge in [-0.2, -0.15) is 0 Å². The second-order valence-electron chi connectivity index (χ2n) is 1.59. The second kappa shape index (κ2) is 2.31. The first-order chi connectivity index (χ1) is 3.93. The Bertz CT molecular complexity index is 156. The molecule has 0 radical (unpaired) electrons. The predicted molar refractivity (Wildman–Crippen MR) is 32.1 cm³/mol. The van der Waals surface area contributed by atoms with Crippen molar-refractivity contribution in [2.45, 2.75) is 6.42 Å². The van der Waals surface area contributed by atoms with Crippen molar-refractivity contribution in [1.82, 2.24) is 0 Å². The highest BCUT2D eigenvalue weighted by Crippen LogP contribution is 2.04. The van der Waals surface area contributed by atoms with Gasteiger partial charge in [0, 0.05) is 0 Å². The maximum Gasteiger partial charge on any atom is 0.0730 e. The lowest BCUT2D eigenvalue weighted by molar-refractivity contribution is 0.322. The molecule has 2 nitrogen and oxygen atoms in total. The summed E-state index contributed by atoms with van der Waals surface area (Å²) in [6.07, 6.45) is 8.29. The van der Waals surface area contributed by atoms with Gasteiger partial charge in [0.2, 0.25) is 0 Å². The van der Waals surface area contributed by atoms with Crippen LogP contribution in [0, 0.1) is 0 Å². The van der Waals surface area contributed by atoms with Crippen LogP contribution >= 0.6 is 0 Å². The Morgan fingerprint density at radius 3 is 3.12 bits per heavy atom. The lowest BCUT2D eigenvalue weighted by Crippen LogP contribution is -1.72. The van der Waals surface area contributed by atoms with Gasteiger partial charge in [-0.05, 0) is 12.0 Å². The van der Waals surface area contributed by atoms with Gasteiger partial charge in [0.05, 0.1) is 6.21 Å². The summed E-state index contributed by atoms with van der Waals surface area (Å²) in [6, 6.07) is 0. The molecule has 1 rings (SSSR count). The summed E-state index contributed by atoms with van der Waals surface area (Å²) in [5.41, 5.74) is 0.979. The molecule has 0 bridgehead atoms. The fourth-order valence-corrected chi connectivity index (χ4v) is 0.639. The van der Waals surface area contributed by atoms with Gasteiger partial charge in [0.1, 0.15) is 0 Å². The Morgan fingerprint density at radius 1 is 1.75 bits per heavy atom. The monoisotopic (exact) mass is 109 g/mol. The van der Waals surface area contributed by atoms with Crippen molar-refractivity contribution in [3.8, 4) is 0 Å². The fraction of sp³-hybridized carbons (Fsp3) is 0.167. The van der Waals surface area contributed by atoms with Gasteiger partial charge in [-0.3, -0.25) is 0 Å². The molecule has 1 N–H and O–H groups in total. The molecule has 0 spiro atoms. The molecular weight excluding hydrogens is 102 g/mol. The van der Waals surface area contributed by atoms with E-state index in [0.717, 1.165) is 12.0 Å². The van der Waals surface area contributed by atoms with Crippen molar-refractivity contribution in [2.75, 3.05) is 0 Å². The summed E-state index contributed by atoms with van der Waals surface area (Å²) in [7, 11) is 0. The van der Waals surface area contributed by atoms with E-state index in [4.69, 9.17) is 5.21 Å². The van der Waals surface area contributed by atoms with Crippen LogP contribution in [0.15, 0.2) is 29.0 Å². The molecule has 0 amide bonds. The van der Waals surface area contributed by atoms with E-state index in [1.807, 2.05) is 18.2 Å². The van der Waals surface area contributed by atoms with E-state index >= 15 is 0 Å². The largest absolute Gasteiger partial charge is 0.411 e.